The number of nitrogens with one attached hydrogen (secondary N) is 2. The van der Waals surface area contributed by atoms with Crippen molar-refractivity contribution in [2.75, 3.05) is 23.7 Å². The van der Waals surface area contributed by atoms with Gasteiger partial charge < -0.3 is 10.6 Å². The van der Waals surface area contributed by atoms with Crippen molar-refractivity contribution >= 4 is 43.5 Å². The second-order valence-electron chi connectivity index (χ2n) is 9.50. The summed E-state index contributed by atoms with van der Waals surface area (Å²) < 4.78 is 2.21. The second kappa shape index (κ2) is 7.77. The zero-order valence-corrected chi connectivity index (χ0v) is 20.9. The van der Waals surface area contributed by atoms with E-state index in [-0.39, 0.29) is 0 Å². The molecular weight excluding hydrogens is 504 g/mol. The Morgan fingerprint density at radius 1 is 0.833 bits per heavy atom. The van der Waals surface area contributed by atoms with Crippen molar-refractivity contribution in [3.05, 3.63) is 44.6 Å². The number of anilines is 2. The van der Waals surface area contributed by atoms with Crippen LogP contribution in [-0.2, 0) is 10.8 Å². The summed E-state index contributed by atoms with van der Waals surface area (Å²) >= 11 is 7.03. The van der Waals surface area contributed by atoms with E-state index < -0.39 is 0 Å². The molecule has 2 aliphatic heterocycles. The molecule has 0 unspecified atom stereocenters. The number of nitrogens with zero attached hydrogens (tertiary/aromatic N) is 2. The minimum absolute atomic E-state index is 0.433. The fraction of sp³-hybridized carbons (Fsp3) is 0.583. The molecule has 160 valence electrons. The first-order chi connectivity index (χ1) is 14.5. The maximum atomic E-state index is 4.43. The Kier molecular flexibility index (Phi) is 5.37. The van der Waals surface area contributed by atoms with Gasteiger partial charge in [-0.3, -0.25) is 0 Å². The normalized spacial score (nSPS) is 31.5. The van der Waals surface area contributed by atoms with Crippen molar-refractivity contribution in [1.82, 2.24) is 9.97 Å². The highest BCUT2D eigenvalue weighted by Crippen LogP contribution is 2.61. The Morgan fingerprint density at radius 2 is 1.27 bits per heavy atom. The van der Waals surface area contributed by atoms with Crippen molar-refractivity contribution < 1.29 is 0 Å². The van der Waals surface area contributed by atoms with E-state index in [0.717, 1.165) is 45.5 Å². The van der Waals surface area contributed by atoms with E-state index in [1.54, 1.807) is 0 Å². The molecule has 2 aliphatic carbocycles. The minimum Gasteiger partial charge on any atom is -0.369 e. The molecule has 30 heavy (non-hydrogen) atoms. The van der Waals surface area contributed by atoms with E-state index in [1.807, 2.05) is 12.4 Å². The van der Waals surface area contributed by atoms with Gasteiger partial charge in [0, 0.05) is 56.4 Å². The number of hydrogen-bond donors (Lipinski definition) is 2. The SMILES string of the molecule is CCC[C@@H]1C[C@@]12CNc1ncc(Br)cc12.CCC[C@H]1C[C@@]12CNc1ncc(Br)cc12. The zero-order chi connectivity index (χ0) is 20.9. The second-order valence-corrected chi connectivity index (χ2v) is 11.3. The zero-order valence-electron chi connectivity index (χ0n) is 17.8. The highest BCUT2D eigenvalue weighted by Gasteiger charge is 2.59. The maximum absolute atomic E-state index is 4.43. The van der Waals surface area contributed by atoms with Gasteiger partial charge in [0.2, 0.25) is 0 Å². The van der Waals surface area contributed by atoms with Gasteiger partial charge in [-0.1, -0.05) is 26.7 Å². The van der Waals surface area contributed by atoms with Gasteiger partial charge in [-0.2, -0.15) is 0 Å². The van der Waals surface area contributed by atoms with Crippen LogP contribution in [0.1, 0.15) is 63.5 Å². The van der Waals surface area contributed by atoms with Gasteiger partial charge in [0.05, 0.1) is 0 Å². The maximum Gasteiger partial charge on any atom is 0.129 e. The Hall–Kier alpha value is -1.14. The summed E-state index contributed by atoms with van der Waals surface area (Å²) in [6, 6.07) is 4.50. The molecule has 6 rings (SSSR count). The fourth-order valence-electron chi connectivity index (χ4n) is 5.90. The first-order valence-electron chi connectivity index (χ1n) is 11.3. The van der Waals surface area contributed by atoms with Crippen LogP contribution in [0.2, 0.25) is 0 Å². The van der Waals surface area contributed by atoms with Crippen molar-refractivity contribution in [3.8, 4) is 0 Å². The molecule has 0 saturated heterocycles. The molecule has 0 amide bonds. The van der Waals surface area contributed by atoms with Gasteiger partial charge in [0.1, 0.15) is 11.6 Å². The van der Waals surface area contributed by atoms with Crippen LogP contribution in [-0.4, -0.2) is 23.1 Å². The van der Waals surface area contributed by atoms with Crippen molar-refractivity contribution in [3.63, 3.8) is 0 Å². The summed E-state index contributed by atoms with van der Waals surface area (Å²) in [5, 5.41) is 6.87. The van der Waals surface area contributed by atoms with Crippen LogP contribution < -0.4 is 10.6 Å². The molecule has 2 saturated carbocycles. The van der Waals surface area contributed by atoms with E-state index in [9.17, 15) is 0 Å². The highest BCUT2D eigenvalue weighted by molar-refractivity contribution is 9.10. The van der Waals surface area contributed by atoms with Crippen LogP contribution in [0.4, 0.5) is 11.6 Å². The lowest BCUT2D eigenvalue weighted by molar-refractivity contribution is 0.601. The van der Waals surface area contributed by atoms with E-state index in [4.69, 9.17) is 0 Å². The van der Waals surface area contributed by atoms with Crippen molar-refractivity contribution in [2.24, 2.45) is 11.8 Å². The summed E-state index contributed by atoms with van der Waals surface area (Å²) in [6.07, 6.45) is 11.7. The quantitative estimate of drug-likeness (QED) is 0.461. The predicted octanol–water partition coefficient (Wildman–Crippen LogP) is 6.65. The van der Waals surface area contributed by atoms with Gasteiger partial charge in [-0.25, -0.2) is 9.97 Å². The smallest absolute Gasteiger partial charge is 0.129 e. The summed E-state index contributed by atoms with van der Waals surface area (Å²) in [4.78, 5) is 8.86. The van der Waals surface area contributed by atoms with Gasteiger partial charge >= 0.3 is 0 Å². The lowest BCUT2D eigenvalue weighted by Gasteiger charge is -2.08. The topological polar surface area (TPSA) is 49.8 Å². The molecule has 4 heterocycles. The monoisotopic (exact) mass is 532 g/mol. The molecule has 2 aromatic heterocycles. The molecule has 4 nitrogen and oxygen atoms in total. The third-order valence-electron chi connectivity index (χ3n) is 7.66. The summed E-state index contributed by atoms with van der Waals surface area (Å²) in [5.41, 5.74) is 3.75. The number of pyridine rings is 2. The standard InChI is InChI=1S/2C12H15BrN2/c2*1-2-3-8-5-12(8)7-15-11-10(12)4-9(13)6-14-11/h2*4,6,8H,2-3,5,7H2,1H3,(H,14,15)/t8-,12+;8-,12-/m01/s1. The van der Waals surface area contributed by atoms with Crippen LogP contribution >= 0.6 is 31.9 Å². The van der Waals surface area contributed by atoms with Crippen molar-refractivity contribution in [1.29, 1.82) is 0 Å². The van der Waals surface area contributed by atoms with E-state index in [2.05, 4.69) is 78.4 Å². The minimum atomic E-state index is 0.433. The van der Waals surface area contributed by atoms with E-state index in [1.165, 1.54) is 49.7 Å². The molecular formula is C24H30Br2N4. The average molecular weight is 534 g/mol. The molecule has 6 heteroatoms. The number of rotatable bonds is 4. The van der Waals surface area contributed by atoms with Gasteiger partial charge in [-0.05, 0) is 81.5 Å². The average Bonchev–Trinajstić information content (AvgIpc) is 3.53. The Balaban J connectivity index is 0.000000128. The van der Waals surface area contributed by atoms with Crippen LogP contribution in [0, 0.1) is 11.8 Å². The lowest BCUT2D eigenvalue weighted by Crippen LogP contribution is -2.12. The molecule has 0 radical (unpaired) electrons. The Bertz CT molecular complexity index is 887. The van der Waals surface area contributed by atoms with Gasteiger partial charge in [-0.15, -0.1) is 0 Å². The third kappa shape index (κ3) is 3.38. The van der Waals surface area contributed by atoms with Crippen molar-refractivity contribution in [2.45, 2.75) is 63.2 Å². The first kappa shape index (κ1) is 20.7. The predicted molar refractivity (Wildman–Crippen MR) is 130 cm³/mol. The van der Waals surface area contributed by atoms with Gasteiger partial charge in [0.15, 0.2) is 0 Å². The van der Waals surface area contributed by atoms with E-state index >= 15 is 0 Å². The largest absolute Gasteiger partial charge is 0.369 e. The van der Waals surface area contributed by atoms with E-state index in [0.29, 0.717) is 10.8 Å². The summed E-state index contributed by atoms with van der Waals surface area (Å²) in [5.74, 6) is 3.98. The molecule has 2 aromatic rings. The lowest BCUT2D eigenvalue weighted by atomic mass is 9.95. The number of aromatic nitrogens is 2. The number of fused-ring (bicyclic) bond motifs is 4. The summed E-state index contributed by atoms with van der Waals surface area (Å²) in [6.45, 7) is 6.73. The molecule has 0 aromatic carbocycles. The number of hydrogen-bond acceptors (Lipinski definition) is 4. The summed E-state index contributed by atoms with van der Waals surface area (Å²) in [7, 11) is 0. The highest BCUT2D eigenvalue weighted by atomic mass is 79.9. The fourth-order valence-corrected chi connectivity index (χ4v) is 6.56. The molecule has 2 fully saturated rings. The van der Waals surface area contributed by atoms with Crippen LogP contribution in [0.3, 0.4) is 0 Å². The number of halogens is 2. The molecule has 4 aliphatic rings. The van der Waals surface area contributed by atoms with Crippen LogP contribution in [0.25, 0.3) is 0 Å². The Morgan fingerprint density at radius 3 is 1.67 bits per heavy atom. The first-order valence-corrected chi connectivity index (χ1v) is 12.9. The van der Waals surface area contributed by atoms with Crippen LogP contribution in [0.5, 0.6) is 0 Å². The molecule has 2 N–H and O–H groups in total. The molecule has 4 atom stereocenters. The molecule has 2 spiro atoms. The van der Waals surface area contributed by atoms with Gasteiger partial charge in [0.25, 0.3) is 0 Å². The van der Waals surface area contributed by atoms with Crippen LogP contribution in [0.15, 0.2) is 33.5 Å². The Labute approximate surface area is 196 Å². The molecule has 0 bridgehead atoms. The third-order valence-corrected chi connectivity index (χ3v) is 8.53.